The van der Waals surface area contributed by atoms with Crippen molar-refractivity contribution < 1.29 is 36.6 Å². The van der Waals surface area contributed by atoms with Gasteiger partial charge >= 0.3 is 5.97 Å². The number of rotatable bonds is 3. The number of halogens is 5. The van der Waals surface area contributed by atoms with Crippen LogP contribution >= 0.6 is 0 Å². The molecule has 1 aromatic carbocycles. The topological polar surface area (TPSA) is 46.5 Å². The quantitative estimate of drug-likeness (QED) is 0.395. The van der Waals surface area contributed by atoms with Crippen LogP contribution in [-0.2, 0) is 4.74 Å². The standard InChI is InChI=1S/C10H7F5O3/c1-3(16)2-18-10(17)4-5(11)7(13)9(15)8(14)6(4)12/h3,16H,2H2,1H3. The predicted octanol–water partition coefficient (Wildman–Crippen LogP) is 1.92. The summed E-state index contributed by atoms with van der Waals surface area (Å²) in [5.74, 6) is -13.1. The number of aliphatic hydroxyl groups is 1. The summed E-state index contributed by atoms with van der Waals surface area (Å²) in [6, 6.07) is 0. The van der Waals surface area contributed by atoms with Gasteiger partial charge < -0.3 is 9.84 Å². The van der Waals surface area contributed by atoms with Gasteiger partial charge in [-0.25, -0.2) is 26.7 Å². The first-order chi connectivity index (χ1) is 8.27. The van der Waals surface area contributed by atoms with Gasteiger partial charge in [0.05, 0.1) is 6.10 Å². The van der Waals surface area contributed by atoms with Gasteiger partial charge in [-0.15, -0.1) is 0 Å². The average Bonchev–Trinajstić information content (AvgIpc) is 2.31. The molecule has 8 heteroatoms. The molecule has 1 N–H and O–H groups in total. The smallest absolute Gasteiger partial charge is 0.344 e. The Labute approximate surface area is 97.8 Å². The molecule has 1 rings (SSSR count). The highest BCUT2D eigenvalue weighted by Gasteiger charge is 2.30. The summed E-state index contributed by atoms with van der Waals surface area (Å²) in [5, 5.41) is 8.77. The van der Waals surface area contributed by atoms with Gasteiger partial charge in [-0.05, 0) is 6.92 Å². The molecule has 0 amide bonds. The molecule has 18 heavy (non-hydrogen) atoms. The van der Waals surface area contributed by atoms with Gasteiger partial charge in [-0.1, -0.05) is 0 Å². The molecular formula is C10H7F5O3. The Kier molecular flexibility index (Phi) is 4.23. The van der Waals surface area contributed by atoms with E-state index in [-0.39, 0.29) is 0 Å². The molecule has 0 saturated carbocycles. The Morgan fingerprint density at radius 2 is 1.44 bits per heavy atom. The van der Waals surface area contributed by atoms with E-state index >= 15 is 0 Å². The maximum atomic E-state index is 13.1. The number of ether oxygens (including phenoxy) is 1. The van der Waals surface area contributed by atoms with Gasteiger partial charge in [0.1, 0.15) is 12.2 Å². The zero-order valence-electron chi connectivity index (χ0n) is 8.94. The van der Waals surface area contributed by atoms with Gasteiger partial charge in [0, 0.05) is 0 Å². The van der Waals surface area contributed by atoms with Crippen molar-refractivity contribution in [2.45, 2.75) is 13.0 Å². The minimum Gasteiger partial charge on any atom is -0.459 e. The molecule has 0 saturated heterocycles. The third-order valence-electron chi connectivity index (χ3n) is 1.87. The maximum absolute atomic E-state index is 13.1. The minimum atomic E-state index is -2.36. The first kappa shape index (κ1) is 14.4. The second-order valence-corrected chi connectivity index (χ2v) is 3.39. The summed E-state index contributed by atoms with van der Waals surface area (Å²) in [6.45, 7) is 0.560. The van der Waals surface area contributed by atoms with Crippen molar-refractivity contribution in [2.24, 2.45) is 0 Å². The van der Waals surface area contributed by atoms with E-state index in [0.717, 1.165) is 0 Å². The van der Waals surface area contributed by atoms with Crippen LogP contribution in [0.5, 0.6) is 0 Å². The summed E-state index contributed by atoms with van der Waals surface area (Å²) >= 11 is 0. The van der Waals surface area contributed by atoms with Crippen LogP contribution in [0.25, 0.3) is 0 Å². The van der Waals surface area contributed by atoms with E-state index < -0.39 is 53.3 Å². The lowest BCUT2D eigenvalue weighted by molar-refractivity contribution is 0.0283. The Balaban J connectivity index is 3.21. The molecule has 0 aromatic heterocycles. The van der Waals surface area contributed by atoms with E-state index in [2.05, 4.69) is 4.74 Å². The number of carbonyl (C=O) groups is 1. The van der Waals surface area contributed by atoms with Gasteiger partial charge in [0.15, 0.2) is 23.3 Å². The number of hydrogen-bond donors (Lipinski definition) is 1. The Morgan fingerprint density at radius 3 is 1.83 bits per heavy atom. The first-order valence-electron chi connectivity index (χ1n) is 4.64. The normalized spacial score (nSPS) is 12.4. The van der Waals surface area contributed by atoms with Gasteiger partial charge in [0.2, 0.25) is 5.82 Å². The molecule has 1 unspecified atom stereocenters. The lowest BCUT2D eigenvalue weighted by Gasteiger charge is -2.09. The van der Waals surface area contributed by atoms with E-state index in [4.69, 9.17) is 5.11 Å². The van der Waals surface area contributed by atoms with E-state index in [9.17, 15) is 26.7 Å². The van der Waals surface area contributed by atoms with E-state index in [1.807, 2.05) is 0 Å². The lowest BCUT2D eigenvalue weighted by Crippen LogP contribution is -2.19. The molecule has 0 aliphatic carbocycles. The molecule has 3 nitrogen and oxygen atoms in total. The van der Waals surface area contributed by atoms with Crippen LogP contribution < -0.4 is 0 Å². The number of carbonyl (C=O) groups excluding carboxylic acids is 1. The predicted molar refractivity (Wildman–Crippen MR) is 48.2 cm³/mol. The second kappa shape index (κ2) is 5.30. The lowest BCUT2D eigenvalue weighted by atomic mass is 10.1. The summed E-state index contributed by atoms with van der Waals surface area (Å²) in [7, 11) is 0. The fourth-order valence-electron chi connectivity index (χ4n) is 1.05. The van der Waals surface area contributed by atoms with Crippen molar-refractivity contribution in [1.29, 1.82) is 0 Å². The van der Waals surface area contributed by atoms with Crippen molar-refractivity contribution in [1.82, 2.24) is 0 Å². The summed E-state index contributed by atoms with van der Waals surface area (Å²) < 4.78 is 68.5. The molecule has 1 atom stereocenters. The molecule has 0 fully saturated rings. The SMILES string of the molecule is CC(O)COC(=O)c1c(F)c(F)c(F)c(F)c1F. The van der Waals surface area contributed by atoms with Crippen LogP contribution in [0.1, 0.15) is 17.3 Å². The van der Waals surface area contributed by atoms with Crippen molar-refractivity contribution >= 4 is 5.97 Å². The molecule has 0 bridgehead atoms. The zero-order chi connectivity index (χ0) is 14.0. The van der Waals surface area contributed by atoms with Crippen LogP contribution in [0.3, 0.4) is 0 Å². The molecule has 0 aliphatic heterocycles. The zero-order valence-corrected chi connectivity index (χ0v) is 8.94. The molecular weight excluding hydrogens is 263 g/mol. The largest absolute Gasteiger partial charge is 0.459 e. The summed E-state index contributed by atoms with van der Waals surface area (Å²) in [5.41, 5.74) is -1.69. The fourth-order valence-corrected chi connectivity index (χ4v) is 1.05. The molecule has 0 spiro atoms. The number of esters is 1. The van der Waals surface area contributed by atoms with Gasteiger partial charge in [-0.2, -0.15) is 0 Å². The highest BCUT2D eigenvalue weighted by Crippen LogP contribution is 2.23. The summed E-state index contributed by atoms with van der Waals surface area (Å²) in [6.07, 6.45) is -1.14. The van der Waals surface area contributed by atoms with Gasteiger partial charge in [0.25, 0.3) is 0 Å². The molecule has 100 valence electrons. The van der Waals surface area contributed by atoms with Crippen molar-refractivity contribution in [3.05, 3.63) is 34.6 Å². The van der Waals surface area contributed by atoms with Crippen molar-refractivity contribution in [3.63, 3.8) is 0 Å². The van der Waals surface area contributed by atoms with Gasteiger partial charge in [-0.3, -0.25) is 0 Å². The Morgan fingerprint density at radius 1 is 1.06 bits per heavy atom. The second-order valence-electron chi connectivity index (χ2n) is 3.39. The minimum absolute atomic E-state index is 0.641. The molecule has 0 aliphatic rings. The van der Waals surface area contributed by atoms with Crippen LogP contribution in [-0.4, -0.2) is 23.8 Å². The number of hydrogen-bond acceptors (Lipinski definition) is 3. The monoisotopic (exact) mass is 270 g/mol. The van der Waals surface area contributed by atoms with Crippen molar-refractivity contribution in [3.8, 4) is 0 Å². The Bertz CT molecular complexity index is 458. The third-order valence-corrected chi connectivity index (χ3v) is 1.87. The summed E-state index contributed by atoms with van der Waals surface area (Å²) in [4.78, 5) is 11.1. The van der Waals surface area contributed by atoms with E-state index in [1.54, 1.807) is 0 Å². The van der Waals surface area contributed by atoms with Crippen LogP contribution in [0, 0.1) is 29.1 Å². The average molecular weight is 270 g/mol. The highest BCUT2D eigenvalue weighted by molar-refractivity contribution is 5.90. The molecule has 0 radical (unpaired) electrons. The number of aliphatic hydroxyl groups excluding tert-OH is 1. The van der Waals surface area contributed by atoms with Crippen LogP contribution in [0.15, 0.2) is 0 Å². The van der Waals surface area contributed by atoms with Crippen LogP contribution in [0.2, 0.25) is 0 Å². The first-order valence-corrected chi connectivity index (χ1v) is 4.64. The molecule has 0 heterocycles. The van der Waals surface area contributed by atoms with Crippen LogP contribution in [0.4, 0.5) is 22.0 Å². The number of benzene rings is 1. The Hall–Kier alpha value is -1.70. The van der Waals surface area contributed by atoms with E-state index in [0.29, 0.717) is 0 Å². The fraction of sp³-hybridized carbons (Fsp3) is 0.300. The highest BCUT2D eigenvalue weighted by atomic mass is 19.2. The van der Waals surface area contributed by atoms with E-state index in [1.165, 1.54) is 6.92 Å². The van der Waals surface area contributed by atoms with Crippen molar-refractivity contribution in [2.75, 3.05) is 6.61 Å². The maximum Gasteiger partial charge on any atom is 0.344 e. The third kappa shape index (κ3) is 2.58. The molecule has 1 aromatic rings.